The highest BCUT2D eigenvalue weighted by Gasteiger charge is 2.04. The van der Waals surface area contributed by atoms with Crippen molar-refractivity contribution in [1.82, 2.24) is 4.98 Å². The summed E-state index contributed by atoms with van der Waals surface area (Å²) in [6, 6.07) is 12.0. The van der Waals surface area contributed by atoms with Gasteiger partial charge in [-0.2, -0.15) is 0 Å². The van der Waals surface area contributed by atoms with Crippen LogP contribution in [0.1, 0.15) is 22.7 Å². The van der Waals surface area contributed by atoms with Crippen LogP contribution in [0.2, 0.25) is 0 Å². The molecular formula is C19H15BrFNO2. The summed E-state index contributed by atoms with van der Waals surface area (Å²) >= 11 is 3.23. The first-order valence-corrected chi connectivity index (χ1v) is 8.25. The average Bonchev–Trinajstić information content (AvgIpc) is 3.01. The molecule has 0 amide bonds. The Bertz CT molecular complexity index is 856. The summed E-state index contributed by atoms with van der Waals surface area (Å²) in [5.41, 5.74) is 2.42. The summed E-state index contributed by atoms with van der Waals surface area (Å²) in [6.07, 6.45) is 6.43. The monoisotopic (exact) mass is 387 g/mol. The van der Waals surface area contributed by atoms with E-state index in [2.05, 4.69) is 20.9 Å². The standard InChI is InChI=1S/C19H15BrFNO2/c20-15-6-4-14(18(21)11-15)5-10-19-22-16(12-24-19)7-1-13-2-8-17(23)9-3-13/h2-6,8-12,23H,1,7H2/b10-5+. The van der Waals surface area contributed by atoms with Gasteiger partial charge in [-0.3, -0.25) is 0 Å². The number of aromatic hydroxyl groups is 1. The number of hydrogen-bond acceptors (Lipinski definition) is 3. The Morgan fingerprint density at radius 3 is 2.62 bits per heavy atom. The lowest BCUT2D eigenvalue weighted by Crippen LogP contribution is -1.91. The second-order valence-electron chi connectivity index (χ2n) is 5.34. The maximum atomic E-state index is 13.7. The topological polar surface area (TPSA) is 46.3 Å². The zero-order valence-electron chi connectivity index (χ0n) is 12.7. The van der Waals surface area contributed by atoms with E-state index in [1.54, 1.807) is 42.7 Å². The van der Waals surface area contributed by atoms with E-state index >= 15 is 0 Å². The van der Waals surface area contributed by atoms with E-state index in [0.29, 0.717) is 15.9 Å². The number of aryl methyl sites for hydroxylation is 2. The van der Waals surface area contributed by atoms with Crippen molar-refractivity contribution in [2.45, 2.75) is 12.8 Å². The van der Waals surface area contributed by atoms with Crippen LogP contribution in [0.15, 0.2) is 57.6 Å². The summed E-state index contributed by atoms with van der Waals surface area (Å²) in [7, 11) is 0. The maximum absolute atomic E-state index is 13.7. The van der Waals surface area contributed by atoms with Crippen LogP contribution < -0.4 is 0 Å². The number of benzene rings is 2. The van der Waals surface area contributed by atoms with E-state index in [4.69, 9.17) is 4.42 Å². The fraction of sp³-hybridized carbons (Fsp3) is 0.105. The molecule has 3 rings (SSSR count). The second-order valence-corrected chi connectivity index (χ2v) is 6.26. The Kier molecular flexibility index (Phi) is 5.11. The minimum atomic E-state index is -0.306. The summed E-state index contributed by atoms with van der Waals surface area (Å²) < 4.78 is 19.8. The Hall–Kier alpha value is -2.40. The molecule has 0 aliphatic heterocycles. The van der Waals surface area contributed by atoms with Gasteiger partial charge in [0, 0.05) is 16.1 Å². The van der Waals surface area contributed by atoms with Gasteiger partial charge in [0.1, 0.15) is 17.8 Å². The van der Waals surface area contributed by atoms with E-state index in [-0.39, 0.29) is 11.6 Å². The number of nitrogens with zero attached hydrogens (tertiary/aromatic N) is 1. The van der Waals surface area contributed by atoms with Gasteiger partial charge in [-0.25, -0.2) is 9.37 Å². The Morgan fingerprint density at radius 2 is 1.88 bits per heavy atom. The number of aromatic nitrogens is 1. The van der Waals surface area contributed by atoms with Gasteiger partial charge < -0.3 is 9.52 Å². The van der Waals surface area contributed by atoms with Crippen molar-refractivity contribution in [2.24, 2.45) is 0 Å². The molecule has 0 spiro atoms. The second kappa shape index (κ2) is 7.45. The highest BCUT2D eigenvalue weighted by atomic mass is 79.9. The van der Waals surface area contributed by atoms with Crippen LogP contribution in [0.25, 0.3) is 12.2 Å². The van der Waals surface area contributed by atoms with Crippen molar-refractivity contribution in [3.63, 3.8) is 0 Å². The Balaban J connectivity index is 1.62. The third kappa shape index (κ3) is 4.32. The Labute approximate surface area is 147 Å². The maximum Gasteiger partial charge on any atom is 0.218 e. The van der Waals surface area contributed by atoms with Gasteiger partial charge in [0.2, 0.25) is 5.89 Å². The fourth-order valence-corrected chi connectivity index (χ4v) is 2.58. The van der Waals surface area contributed by atoms with Crippen LogP contribution in [0, 0.1) is 5.82 Å². The number of phenolic OH excluding ortho intramolecular Hbond substituents is 1. The van der Waals surface area contributed by atoms with Gasteiger partial charge in [-0.15, -0.1) is 0 Å². The molecule has 0 atom stereocenters. The lowest BCUT2D eigenvalue weighted by atomic mass is 10.1. The zero-order valence-corrected chi connectivity index (χ0v) is 14.3. The van der Waals surface area contributed by atoms with E-state index < -0.39 is 0 Å². The molecule has 0 bridgehead atoms. The molecule has 0 saturated carbocycles. The fourth-order valence-electron chi connectivity index (χ4n) is 2.25. The summed E-state index contributed by atoms with van der Waals surface area (Å²) in [6.45, 7) is 0. The van der Waals surface area contributed by atoms with Crippen molar-refractivity contribution >= 4 is 28.1 Å². The van der Waals surface area contributed by atoms with Gasteiger partial charge >= 0.3 is 0 Å². The lowest BCUT2D eigenvalue weighted by Gasteiger charge is -1.99. The molecule has 2 aromatic carbocycles. The van der Waals surface area contributed by atoms with Gasteiger partial charge in [0.05, 0.1) is 5.69 Å². The Morgan fingerprint density at radius 1 is 1.08 bits per heavy atom. The number of rotatable bonds is 5. The molecule has 24 heavy (non-hydrogen) atoms. The highest BCUT2D eigenvalue weighted by Crippen LogP contribution is 2.18. The first kappa shape index (κ1) is 16.5. The highest BCUT2D eigenvalue weighted by molar-refractivity contribution is 9.10. The molecule has 5 heteroatoms. The SMILES string of the molecule is Oc1ccc(CCc2coc(/C=C/c3ccc(Br)cc3F)n2)cc1. The number of phenols is 1. The summed E-state index contributed by atoms with van der Waals surface area (Å²) in [4.78, 5) is 4.37. The van der Waals surface area contributed by atoms with Crippen LogP contribution in [0.3, 0.4) is 0 Å². The van der Waals surface area contributed by atoms with Crippen LogP contribution in [-0.4, -0.2) is 10.1 Å². The summed E-state index contributed by atoms with van der Waals surface area (Å²) in [5, 5.41) is 9.27. The average molecular weight is 388 g/mol. The van der Waals surface area contributed by atoms with Gasteiger partial charge in [-0.05, 0) is 48.7 Å². The molecule has 3 aromatic rings. The van der Waals surface area contributed by atoms with Gasteiger partial charge in [0.15, 0.2) is 0 Å². The normalized spacial score (nSPS) is 11.2. The van der Waals surface area contributed by atoms with Crippen LogP contribution in [0.4, 0.5) is 4.39 Å². The van der Waals surface area contributed by atoms with Gasteiger partial charge in [0.25, 0.3) is 0 Å². The van der Waals surface area contributed by atoms with Crippen molar-refractivity contribution < 1.29 is 13.9 Å². The van der Waals surface area contributed by atoms with Crippen molar-refractivity contribution in [3.05, 3.63) is 81.7 Å². The predicted molar refractivity (Wildman–Crippen MR) is 95.0 cm³/mol. The van der Waals surface area contributed by atoms with Gasteiger partial charge in [-0.1, -0.05) is 34.1 Å². The van der Waals surface area contributed by atoms with Crippen LogP contribution in [-0.2, 0) is 12.8 Å². The number of halogens is 2. The molecule has 0 radical (unpaired) electrons. The molecule has 1 aromatic heterocycles. The molecule has 0 unspecified atom stereocenters. The van der Waals surface area contributed by atoms with Crippen molar-refractivity contribution in [2.75, 3.05) is 0 Å². The molecule has 122 valence electrons. The van der Waals surface area contributed by atoms with E-state index in [0.717, 1.165) is 24.1 Å². The molecule has 0 fully saturated rings. The third-order valence-electron chi connectivity index (χ3n) is 3.54. The number of hydrogen-bond donors (Lipinski definition) is 1. The van der Waals surface area contributed by atoms with E-state index in [1.165, 1.54) is 6.07 Å². The quantitative estimate of drug-likeness (QED) is 0.651. The van der Waals surface area contributed by atoms with Crippen LogP contribution >= 0.6 is 15.9 Å². The van der Waals surface area contributed by atoms with E-state index in [1.807, 2.05) is 12.1 Å². The molecule has 0 aliphatic rings. The number of oxazole rings is 1. The minimum Gasteiger partial charge on any atom is -0.508 e. The zero-order chi connectivity index (χ0) is 16.9. The van der Waals surface area contributed by atoms with Crippen LogP contribution in [0.5, 0.6) is 5.75 Å². The lowest BCUT2D eigenvalue weighted by molar-refractivity contribution is 0.475. The summed E-state index contributed by atoms with van der Waals surface area (Å²) in [5.74, 6) is 0.394. The third-order valence-corrected chi connectivity index (χ3v) is 4.04. The molecule has 0 aliphatic carbocycles. The van der Waals surface area contributed by atoms with E-state index in [9.17, 15) is 9.50 Å². The molecule has 3 nitrogen and oxygen atoms in total. The van der Waals surface area contributed by atoms with Crippen molar-refractivity contribution in [3.8, 4) is 5.75 Å². The largest absolute Gasteiger partial charge is 0.508 e. The minimum absolute atomic E-state index is 0.257. The molecule has 1 heterocycles. The molecule has 0 saturated heterocycles. The molecular weight excluding hydrogens is 373 g/mol. The first-order valence-electron chi connectivity index (χ1n) is 7.45. The molecule has 1 N–H and O–H groups in total. The van der Waals surface area contributed by atoms with Crippen molar-refractivity contribution in [1.29, 1.82) is 0 Å². The predicted octanol–water partition coefficient (Wildman–Crippen LogP) is 5.24. The first-order chi connectivity index (χ1) is 11.6. The smallest absolute Gasteiger partial charge is 0.218 e.